The molecule has 1 aromatic rings. The lowest BCUT2D eigenvalue weighted by Gasteiger charge is -2.26. The Morgan fingerprint density at radius 3 is 2.68 bits per heavy atom. The first kappa shape index (κ1) is 13.6. The highest BCUT2D eigenvalue weighted by Gasteiger charge is 2.35. The number of hydrogen-bond acceptors (Lipinski definition) is 4. The van der Waals surface area contributed by atoms with Crippen molar-refractivity contribution in [3.8, 4) is 0 Å². The number of pyridine rings is 1. The summed E-state index contributed by atoms with van der Waals surface area (Å²) in [7, 11) is 0. The predicted molar refractivity (Wildman–Crippen MR) is 77.0 cm³/mol. The number of nitrogens with zero attached hydrogens (tertiary/aromatic N) is 2. The third-order valence-corrected chi connectivity index (χ3v) is 4.45. The van der Waals surface area contributed by atoms with E-state index >= 15 is 0 Å². The van der Waals surface area contributed by atoms with Crippen molar-refractivity contribution in [1.82, 2.24) is 4.98 Å². The van der Waals surface area contributed by atoms with Crippen LogP contribution in [-0.2, 0) is 0 Å². The van der Waals surface area contributed by atoms with E-state index in [9.17, 15) is 4.79 Å². The number of amides is 1. The Morgan fingerprint density at radius 2 is 2.16 bits per heavy atom. The molecule has 2 rings (SSSR count). The fourth-order valence-electron chi connectivity index (χ4n) is 2.80. The summed E-state index contributed by atoms with van der Waals surface area (Å²) >= 11 is 0. The van der Waals surface area contributed by atoms with Gasteiger partial charge in [-0.05, 0) is 30.7 Å². The van der Waals surface area contributed by atoms with Crippen LogP contribution in [0.2, 0.25) is 0 Å². The zero-order valence-electron chi connectivity index (χ0n) is 11.6. The molecule has 0 radical (unpaired) electrons. The molecule has 104 valence electrons. The lowest BCUT2D eigenvalue weighted by Crippen LogP contribution is -2.27. The lowest BCUT2D eigenvalue weighted by atomic mass is 9.82. The van der Waals surface area contributed by atoms with E-state index in [1.165, 1.54) is 6.20 Å². The van der Waals surface area contributed by atoms with E-state index in [1.54, 1.807) is 6.07 Å². The van der Waals surface area contributed by atoms with Gasteiger partial charge in [-0.3, -0.25) is 4.79 Å². The second-order valence-electron chi connectivity index (χ2n) is 5.37. The van der Waals surface area contributed by atoms with Gasteiger partial charge in [-0.25, -0.2) is 4.98 Å². The average Bonchev–Trinajstić information content (AvgIpc) is 2.84. The van der Waals surface area contributed by atoms with Gasteiger partial charge < -0.3 is 16.4 Å². The van der Waals surface area contributed by atoms with Gasteiger partial charge in [0.1, 0.15) is 5.82 Å². The third-order valence-electron chi connectivity index (χ3n) is 4.45. The fraction of sp³-hybridized carbons (Fsp3) is 0.571. The van der Waals surface area contributed by atoms with Crippen LogP contribution in [0.3, 0.4) is 0 Å². The molecule has 0 bridgehead atoms. The molecule has 0 aliphatic carbocycles. The van der Waals surface area contributed by atoms with Crippen molar-refractivity contribution in [3.63, 3.8) is 0 Å². The first-order valence-electron chi connectivity index (χ1n) is 6.81. The van der Waals surface area contributed by atoms with Gasteiger partial charge in [0.25, 0.3) is 5.91 Å². The largest absolute Gasteiger partial charge is 0.397 e. The molecule has 1 aliphatic rings. The van der Waals surface area contributed by atoms with Crippen LogP contribution in [0.5, 0.6) is 0 Å². The summed E-state index contributed by atoms with van der Waals surface area (Å²) in [5.74, 6) is 0.296. The van der Waals surface area contributed by atoms with Gasteiger partial charge in [-0.1, -0.05) is 13.8 Å². The number of nitrogens with two attached hydrogens (primary N) is 2. The van der Waals surface area contributed by atoms with E-state index in [2.05, 4.69) is 23.7 Å². The molecule has 0 spiro atoms. The predicted octanol–water partition coefficient (Wildman–Crippen LogP) is 1.78. The molecule has 1 amide bonds. The molecule has 1 saturated heterocycles. The Labute approximate surface area is 114 Å². The van der Waals surface area contributed by atoms with E-state index in [1.807, 2.05) is 0 Å². The van der Waals surface area contributed by atoms with Crippen molar-refractivity contribution in [2.45, 2.75) is 33.1 Å². The van der Waals surface area contributed by atoms with Crippen LogP contribution in [0.4, 0.5) is 11.5 Å². The standard InChI is InChI=1S/C14H22N4O/c1-3-14(4-2)5-6-18(9-14)12-7-10(13(16)19)11(15)8-17-12/h7-8H,3-6,9,15H2,1-2H3,(H2,16,19). The van der Waals surface area contributed by atoms with Crippen LogP contribution in [0.25, 0.3) is 0 Å². The van der Waals surface area contributed by atoms with Crippen molar-refractivity contribution < 1.29 is 4.79 Å². The number of anilines is 2. The summed E-state index contributed by atoms with van der Waals surface area (Å²) in [5.41, 5.74) is 12.1. The van der Waals surface area contributed by atoms with Gasteiger partial charge in [0.2, 0.25) is 0 Å². The monoisotopic (exact) mass is 262 g/mol. The molecule has 0 aromatic carbocycles. The van der Waals surface area contributed by atoms with Gasteiger partial charge in [0.05, 0.1) is 17.4 Å². The molecule has 5 heteroatoms. The summed E-state index contributed by atoms with van der Waals surface area (Å²) in [5, 5.41) is 0. The van der Waals surface area contributed by atoms with Crippen LogP contribution < -0.4 is 16.4 Å². The molecule has 0 saturated carbocycles. The number of carbonyl (C=O) groups excluding carboxylic acids is 1. The number of primary amides is 1. The number of aromatic nitrogens is 1. The average molecular weight is 262 g/mol. The van der Waals surface area contributed by atoms with Crippen LogP contribution in [0, 0.1) is 5.41 Å². The Bertz CT molecular complexity index is 482. The molecule has 4 N–H and O–H groups in total. The maximum absolute atomic E-state index is 11.3. The minimum Gasteiger partial charge on any atom is -0.397 e. The first-order valence-corrected chi connectivity index (χ1v) is 6.81. The summed E-state index contributed by atoms with van der Waals surface area (Å²) in [6, 6.07) is 1.71. The van der Waals surface area contributed by atoms with Crippen LogP contribution in [-0.4, -0.2) is 24.0 Å². The summed E-state index contributed by atoms with van der Waals surface area (Å²) in [6.45, 7) is 6.42. The molecular formula is C14H22N4O. The van der Waals surface area contributed by atoms with Crippen molar-refractivity contribution in [2.75, 3.05) is 23.7 Å². The Balaban J connectivity index is 2.25. The summed E-state index contributed by atoms with van der Waals surface area (Å²) in [4.78, 5) is 17.9. The molecule has 2 heterocycles. The first-order chi connectivity index (χ1) is 9.01. The molecule has 0 atom stereocenters. The van der Waals surface area contributed by atoms with Crippen LogP contribution in [0.1, 0.15) is 43.5 Å². The molecule has 1 fully saturated rings. The third kappa shape index (κ3) is 2.50. The molecule has 1 aliphatic heterocycles. The summed E-state index contributed by atoms with van der Waals surface area (Å²) in [6.07, 6.45) is 5.01. The van der Waals surface area contributed by atoms with Crippen molar-refractivity contribution in [2.24, 2.45) is 11.1 Å². The van der Waals surface area contributed by atoms with E-state index in [0.29, 0.717) is 16.7 Å². The molecule has 5 nitrogen and oxygen atoms in total. The van der Waals surface area contributed by atoms with Gasteiger partial charge in [-0.2, -0.15) is 0 Å². The van der Waals surface area contributed by atoms with E-state index in [4.69, 9.17) is 11.5 Å². The molecule has 1 aromatic heterocycles. The van der Waals surface area contributed by atoms with E-state index in [-0.39, 0.29) is 0 Å². The number of hydrogen-bond donors (Lipinski definition) is 2. The van der Waals surface area contributed by atoms with Gasteiger partial charge in [-0.15, -0.1) is 0 Å². The topological polar surface area (TPSA) is 85.2 Å². The smallest absolute Gasteiger partial charge is 0.250 e. The van der Waals surface area contributed by atoms with Crippen molar-refractivity contribution >= 4 is 17.4 Å². The molecular weight excluding hydrogens is 240 g/mol. The fourth-order valence-corrected chi connectivity index (χ4v) is 2.80. The zero-order valence-corrected chi connectivity index (χ0v) is 11.6. The van der Waals surface area contributed by atoms with Gasteiger partial charge in [0, 0.05) is 13.1 Å². The maximum Gasteiger partial charge on any atom is 0.250 e. The quantitative estimate of drug-likeness (QED) is 0.866. The number of nitrogen functional groups attached to an aromatic ring is 1. The van der Waals surface area contributed by atoms with Gasteiger partial charge in [0.15, 0.2) is 0 Å². The minimum atomic E-state index is -0.502. The highest BCUT2D eigenvalue weighted by Crippen LogP contribution is 2.38. The second kappa shape index (κ2) is 5.07. The van der Waals surface area contributed by atoms with Crippen molar-refractivity contribution in [1.29, 1.82) is 0 Å². The molecule has 19 heavy (non-hydrogen) atoms. The van der Waals surface area contributed by atoms with Crippen molar-refractivity contribution in [3.05, 3.63) is 17.8 Å². The number of rotatable bonds is 4. The summed E-state index contributed by atoms with van der Waals surface area (Å²) < 4.78 is 0. The highest BCUT2D eigenvalue weighted by molar-refractivity contribution is 5.98. The zero-order chi connectivity index (χ0) is 14.0. The SMILES string of the molecule is CCC1(CC)CCN(c2cc(C(N)=O)c(N)cn2)C1. The maximum atomic E-state index is 11.3. The molecule has 0 unspecified atom stereocenters. The minimum absolute atomic E-state index is 0.340. The Kier molecular flexibility index (Phi) is 3.64. The van der Waals surface area contributed by atoms with Crippen LogP contribution in [0.15, 0.2) is 12.3 Å². The normalized spacial score (nSPS) is 17.7. The van der Waals surface area contributed by atoms with Crippen LogP contribution >= 0.6 is 0 Å². The Hall–Kier alpha value is -1.78. The highest BCUT2D eigenvalue weighted by atomic mass is 16.1. The second-order valence-corrected chi connectivity index (χ2v) is 5.37. The lowest BCUT2D eigenvalue weighted by molar-refractivity contribution is 0.100. The number of carbonyl (C=O) groups is 1. The van der Waals surface area contributed by atoms with E-state index in [0.717, 1.165) is 38.2 Å². The van der Waals surface area contributed by atoms with Gasteiger partial charge >= 0.3 is 0 Å². The van der Waals surface area contributed by atoms with E-state index < -0.39 is 5.91 Å². The Morgan fingerprint density at radius 1 is 1.47 bits per heavy atom.